The minimum absolute atomic E-state index is 0.155. The SMILES string of the molecule is Cc1cc(Cl)nc(NC(=O)Nc2ccc3occc3c2)n1.Cc1cc(NCCCN(C)C)nc(NC(=O)Nc2ccc3occc3c2)n1. The van der Waals surface area contributed by atoms with Crippen LogP contribution in [0.5, 0.6) is 0 Å². The van der Waals surface area contributed by atoms with E-state index in [0.29, 0.717) is 22.9 Å². The Labute approximate surface area is 281 Å². The van der Waals surface area contributed by atoms with Gasteiger partial charge in [0.15, 0.2) is 0 Å². The molecule has 4 aromatic heterocycles. The van der Waals surface area contributed by atoms with Crippen LogP contribution in [0.3, 0.4) is 0 Å². The van der Waals surface area contributed by atoms with Crippen molar-refractivity contribution in [3.63, 3.8) is 0 Å². The largest absolute Gasteiger partial charge is 0.464 e. The normalized spacial score (nSPS) is 10.8. The first kappa shape index (κ1) is 33.6. The minimum Gasteiger partial charge on any atom is -0.464 e. The monoisotopic (exact) mass is 670 g/mol. The number of hydrogen-bond donors (Lipinski definition) is 5. The molecule has 0 aliphatic carbocycles. The molecule has 0 fully saturated rings. The topological polar surface area (TPSA) is 175 Å². The second-order valence-corrected chi connectivity index (χ2v) is 11.3. The molecule has 6 rings (SSSR count). The van der Waals surface area contributed by atoms with Crippen LogP contribution in [0.1, 0.15) is 17.8 Å². The lowest BCUT2D eigenvalue weighted by Gasteiger charge is -2.12. The quantitative estimate of drug-likeness (QED) is 0.0771. The van der Waals surface area contributed by atoms with E-state index in [9.17, 15) is 9.59 Å². The summed E-state index contributed by atoms with van der Waals surface area (Å²) in [4.78, 5) is 42.9. The van der Waals surface area contributed by atoms with Crippen molar-refractivity contribution >= 4 is 74.7 Å². The van der Waals surface area contributed by atoms with Gasteiger partial charge in [-0.2, -0.15) is 4.98 Å². The molecule has 0 aliphatic heterocycles. The van der Waals surface area contributed by atoms with Crippen LogP contribution in [-0.4, -0.2) is 64.1 Å². The van der Waals surface area contributed by atoms with Gasteiger partial charge in [-0.15, -0.1) is 0 Å². The summed E-state index contributed by atoms with van der Waals surface area (Å²) in [5.41, 5.74) is 4.28. The molecule has 0 saturated heterocycles. The number of aromatic nitrogens is 4. The lowest BCUT2D eigenvalue weighted by Crippen LogP contribution is -2.21. The number of carbonyl (C=O) groups is 2. The highest BCUT2D eigenvalue weighted by Gasteiger charge is 2.10. The number of rotatable bonds is 9. The number of nitrogens with zero attached hydrogens (tertiary/aromatic N) is 5. The number of fused-ring (bicyclic) bond motifs is 2. The number of benzene rings is 2. The molecular formula is C33H35ClN10O4. The van der Waals surface area contributed by atoms with Crippen molar-refractivity contribution in [2.45, 2.75) is 20.3 Å². The Morgan fingerprint density at radius 2 is 1.25 bits per heavy atom. The number of anilines is 5. The van der Waals surface area contributed by atoms with Crippen LogP contribution in [0.15, 0.2) is 82.0 Å². The molecule has 0 aliphatic rings. The average Bonchev–Trinajstić information content (AvgIpc) is 3.68. The van der Waals surface area contributed by atoms with Gasteiger partial charge in [-0.05, 0) is 95.5 Å². The Hall–Kier alpha value is -5.73. The second-order valence-electron chi connectivity index (χ2n) is 11.0. The summed E-state index contributed by atoms with van der Waals surface area (Å²) >= 11 is 5.81. The zero-order valence-corrected chi connectivity index (χ0v) is 27.6. The van der Waals surface area contributed by atoms with E-state index >= 15 is 0 Å². The number of halogens is 1. The number of furan rings is 2. The summed E-state index contributed by atoms with van der Waals surface area (Å²) < 4.78 is 10.5. The van der Waals surface area contributed by atoms with Gasteiger partial charge in [0.25, 0.3) is 0 Å². The van der Waals surface area contributed by atoms with Gasteiger partial charge < -0.3 is 29.7 Å². The fraction of sp³-hybridized carbons (Fsp3) is 0.212. The van der Waals surface area contributed by atoms with Crippen LogP contribution >= 0.6 is 11.6 Å². The Morgan fingerprint density at radius 3 is 1.79 bits per heavy atom. The van der Waals surface area contributed by atoms with Crippen LogP contribution in [0, 0.1) is 13.8 Å². The highest BCUT2D eigenvalue weighted by Crippen LogP contribution is 2.21. The molecule has 248 valence electrons. The molecule has 48 heavy (non-hydrogen) atoms. The van der Waals surface area contributed by atoms with E-state index in [-0.39, 0.29) is 17.0 Å². The van der Waals surface area contributed by atoms with Gasteiger partial charge in [0, 0.05) is 46.1 Å². The van der Waals surface area contributed by atoms with Crippen molar-refractivity contribution in [2.75, 3.05) is 53.8 Å². The summed E-state index contributed by atoms with van der Waals surface area (Å²) in [6.07, 6.45) is 4.20. The second kappa shape index (κ2) is 15.7. The van der Waals surface area contributed by atoms with Gasteiger partial charge in [0.2, 0.25) is 11.9 Å². The van der Waals surface area contributed by atoms with E-state index in [1.807, 2.05) is 57.4 Å². The van der Waals surface area contributed by atoms with Crippen LogP contribution in [-0.2, 0) is 0 Å². The molecule has 4 amide bonds. The fourth-order valence-electron chi connectivity index (χ4n) is 4.53. The van der Waals surface area contributed by atoms with Crippen molar-refractivity contribution in [1.82, 2.24) is 24.8 Å². The number of nitrogens with one attached hydrogen (secondary N) is 5. The first-order valence-electron chi connectivity index (χ1n) is 15.0. The number of urea groups is 2. The average molecular weight is 671 g/mol. The van der Waals surface area contributed by atoms with E-state index in [0.717, 1.165) is 47.1 Å². The van der Waals surface area contributed by atoms with Crippen LogP contribution in [0.2, 0.25) is 5.15 Å². The summed E-state index contributed by atoms with van der Waals surface area (Å²) in [5.74, 6) is 1.10. The third-order valence-electron chi connectivity index (χ3n) is 6.64. The van der Waals surface area contributed by atoms with Crippen molar-refractivity contribution < 1.29 is 18.4 Å². The number of aryl methyl sites for hydroxylation is 2. The Kier molecular flexibility index (Phi) is 11.0. The van der Waals surface area contributed by atoms with E-state index < -0.39 is 12.1 Å². The molecule has 0 atom stereocenters. The molecule has 15 heteroatoms. The predicted octanol–water partition coefficient (Wildman–Crippen LogP) is 7.37. The maximum absolute atomic E-state index is 12.3. The van der Waals surface area contributed by atoms with Gasteiger partial charge in [-0.25, -0.2) is 24.5 Å². The molecule has 0 unspecified atom stereocenters. The zero-order chi connectivity index (χ0) is 34.0. The molecule has 14 nitrogen and oxygen atoms in total. The highest BCUT2D eigenvalue weighted by atomic mass is 35.5. The van der Waals surface area contributed by atoms with Crippen molar-refractivity contribution in [2.24, 2.45) is 0 Å². The molecule has 5 N–H and O–H groups in total. The van der Waals surface area contributed by atoms with Crippen LogP contribution in [0.4, 0.5) is 38.7 Å². The van der Waals surface area contributed by atoms with Gasteiger partial charge >= 0.3 is 12.1 Å². The third kappa shape index (κ3) is 9.88. The van der Waals surface area contributed by atoms with E-state index in [4.69, 9.17) is 20.4 Å². The molecule has 0 radical (unpaired) electrons. The lowest BCUT2D eigenvalue weighted by atomic mass is 10.2. The molecular weight excluding hydrogens is 636 g/mol. The summed E-state index contributed by atoms with van der Waals surface area (Å²) in [6.45, 7) is 5.42. The van der Waals surface area contributed by atoms with Crippen molar-refractivity contribution in [3.05, 3.63) is 89.7 Å². The maximum Gasteiger partial charge on any atom is 0.326 e. The number of hydrogen-bond acceptors (Lipinski definition) is 10. The van der Waals surface area contributed by atoms with E-state index in [1.165, 1.54) is 0 Å². The van der Waals surface area contributed by atoms with E-state index in [2.05, 4.69) is 51.4 Å². The third-order valence-corrected chi connectivity index (χ3v) is 6.83. The fourth-order valence-corrected chi connectivity index (χ4v) is 4.77. The van der Waals surface area contributed by atoms with Crippen LogP contribution in [0.25, 0.3) is 21.9 Å². The Bertz CT molecular complexity index is 2010. The Balaban J connectivity index is 0.000000194. The minimum atomic E-state index is -0.445. The van der Waals surface area contributed by atoms with Gasteiger partial charge in [0.1, 0.15) is 22.1 Å². The summed E-state index contributed by atoms with van der Waals surface area (Å²) in [5, 5.41) is 16.0. The molecule has 2 aromatic carbocycles. The zero-order valence-electron chi connectivity index (χ0n) is 26.8. The van der Waals surface area contributed by atoms with Gasteiger partial charge in [0.05, 0.1) is 12.5 Å². The van der Waals surface area contributed by atoms with E-state index in [1.54, 1.807) is 43.7 Å². The predicted molar refractivity (Wildman–Crippen MR) is 188 cm³/mol. The van der Waals surface area contributed by atoms with Gasteiger partial charge in [-0.1, -0.05) is 11.6 Å². The molecule has 0 saturated carbocycles. The standard InChI is InChI=1S/C19H24N6O2.C14H11ClN4O2/c1-13-11-17(20-8-4-9-25(2)3)23-18(21-13)24-19(26)22-15-5-6-16-14(12-15)7-10-27-16;1-8-6-12(15)18-13(16-8)19-14(20)17-10-2-3-11-9(7-10)4-5-21-11/h5-7,10-12H,4,8-9H2,1-3H3,(H3,20,21,22,23,24,26);2-7H,1H3,(H2,16,17,18,19,20). The maximum atomic E-state index is 12.3. The first-order chi connectivity index (χ1) is 23.1. The Morgan fingerprint density at radius 1 is 0.708 bits per heavy atom. The number of amides is 4. The molecule has 6 aromatic rings. The molecule has 4 heterocycles. The van der Waals surface area contributed by atoms with Crippen molar-refractivity contribution in [3.8, 4) is 0 Å². The summed E-state index contributed by atoms with van der Waals surface area (Å²) in [7, 11) is 4.08. The first-order valence-corrected chi connectivity index (χ1v) is 15.3. The summed E-state index contributed by atoms with van der Waals surface area (Å²) in [6, 6.07) is 17.0. The lowest BCUT2D eigenvalue weighted by molar-refractivity contribution is 0.261. The molecule has 0 spiro atoms. The number of carbonyl (C=O) groups excluding carboxylic acids is 2. The smallest absolute Gasteiger partial charge is 0.326 e. The van der Waals surface area contributed by atoms with Crippen LogP contribution < -0.4 is 26.6 Å². The molecule has 0 bridgehead atoms. The van der Waals surface area contributed by atoms with Crippen molar-refractivity contribution in [1.29, 1.82) is 0 Å². The highest BCUT2D eigenvalue weighted by molar-refractivity contribution is 6.29. The van der Waals surface area contributed by atoms with Gasteiger partial charge in [-0.3, -0.25) is 10.6 Å².